The Balaban J connectivity index is 1.86. The van der Waals surface area contributed by atoms with Crippen molar-refractivity contribution in [1.82, 2.24) is 5.32 Å². The summed E-state index contributed by atoms with van der Waals surface area (Å²) in [4.78, 5) is 2.64. The molecule has 2 aliphatic rings. The van der Waals surface area contributed by atoms with Crippen molar-refractivity contribution in [3.8, 4) is 0 Å². The van der Waals surface area contributed by atoms with E-state index in [1.165, 1.54) is 43.7 Å². The summed E-state index contributed by atoms with van der Waals surface area (Å²) < 4.78 is 0. The number of benzene rings is 1. The summed E-state index contributed by atoms with van der Waals surface area (Å²) in [7, 11) is 0. The maximum Gasteiger partial charge on any atom is 0.0402 e. The van der Waals surface area contributed by atoms with Crippen LogP contribution >= 0.6 is 0 Å². The molecular formula is C14H20N2. The zero-order valence-electron chi connectivity index (χ0n) is 9.95. The van der Waals surface area contributed by atoms with E-state index in [0.717, 1.165) is 12.0 Å². The highest BCUT2D eigenvalue weighted by Crippen LogP contribution is 2.32. The van der Waals surface area contributed by atoms with Gasteiger partial charge in [-0.15, -0.1) is 0 Å². The monoisotopic (exact) mass is 216 g/mol. The lowest BCUT2D eigenvalue weighted by atomic mass is 9.93. The summed E-state index contributed by atoms with van der Waals surface area (Å²) >= 11 is 0. The van der Waals surface area contributed by atoms with Gasteiger partial charge in [0.15, 0.2) is 0 Å². The summed E-state index contributed by atoms with van der Waals surface area (Å²) in [6.45, 7) is 5.93. The van der Waals surface area contributed by atoms with Crippen molar-refractivity contribution in [3.05, 3.63) is 29.8 Å². The minimum absolute atomic E-state index is 0.741. The number of para-hydroxylation sites is 1. The Morgan fingerprint density at radius 2 is 2.19 bits per heavy atom. The normalized spacial score (nSPS) is 29.2. The average Bonchev–Trinajstić information content (AvgIpc) is 2.74. The summed E-state index contributed by atoms with van der Waals surface area (Å²) in [6.07, 6.45) is 2.52. The molecule has 1 aromatic carbocycles. The minimum Gasteiger partial charge on any atom is -0.368 e. The Morgan fingerprint density at radius 3 is 3.06 bits per heavy atom. The first-order valence-corrected chi connectivity index (χ1v) is 6.41. The SMILES string of the molecule is CC1CNCCC1N1CCc2ccccc21. The van der Waals surface area contributed by atoms with Crippen LogP contribution in [0, 0.1) is 5.92 Å². The fourth-order valence-electron chi connectivity index (χ4n) is 3.17. The topological polar surface area (TPSA) is 15.3 Å². The van der Waals surface area contributed by atoms with Gasteiger partial charge in [0.1, 0.15) is 0 Å². The molecule has 1 aromatic rings. The molecule has 2 heterocycles. The highest BCUT2D eigenvalue weighted by atomic mass is 15.2. The molecule has 2 heteroatoms. The lowest BCUT2D eigenvalue weighted by Gasteiger charge is -2.38. The maximum absolute atomic E-state index is 3.49. The lowest BCUT2D eigenvalue weighted by molar-refractivity contribution is 0.334. The van der Waals surface area contributed by atoms with Crippen LogP contribution in [0.2, 0.25) is 0 Å². The minimum atomic E-state index is 0.741. The van der Waals surface area contributed by atoms with Crippen LogP contribution in [0.25, 0.3) is 0 Å². The van der Waals surface area contributed by atoms with E-state index in [1.54, 1.807) is 0 Å². The first-order chi connectivity index (χ1) is 7.86. The van der Waals surface area contributed by atoms with Crippen molar-refractivity contribution in [2.24, 2.45) is 5.92 Å². The van der Waals surface area contributed by atoms with Gasteiger partial charge < -0.3 is 10.2 Å². The molecule has 2 aliphatic heterocycles. The molecule has 0 bridgehead atoms. The van der Waals surface area contributed by atoms with Crippen molar-refractivity contribution in [2.45, 2.75) is 25.8 Å². The van der Waals surface area contributed by atoms with E-state index in [9.17, 15) is 0 Å². The Labute approximate surface area is 97.6 Å². The Morgan fingerprint density at radius 1 is 1.31 bits per heavy atom. The quantitative estimate of drug-likeness (QED) is 0.773. The van der Waals surface area contributed by atoms with Crippen LogP contribution in [0.4, 0.5) is 5.69 Å². The Hall–Kier alpha value is -1.02. The molecule has 0 saturated carbocycles. The predicted molar refractivity (Wildman–Crippen MR) is 67.9 cm³/mol. The fraction of sp³-hybridized carbons (Fsp3) is 0.571. The Bertz CT molecular complexity index is 375. The first kappa shape index (κ1) is 10.2. The van der Waals surface area contributed by atoms with E-state index in [-0.39, 0.29) is 0 Å². The molecule has 3 rings (SSSR count). The standard InChI is InChI=1S/C14H20N2/c1-11-10-15-8-6-13(11)16-9-7-12-4-2-3-5-14(12)16/h2-5,11,13,15H,6-10H2,1H3. The smallest absolute Gasteiger partial charge is 0.0402 e. The molecular weight excluding hydrogens is 196 g/mol. The van der Waals surface area contributed by atoms with Crippen LogP contribution in [0.3, 0.4) is 0 Å². The number of fused-ring (bicyclic) bond motifs is 1. The molecule has 2 nitrogen and oxygen atoms in total. The number of anilines is 1. The lowest BCUT2D eigenvalue weighted by Crippen LogP contribution is -2.48. The van der Waals surface area contributed by atoms with Gasteiger partial charge in [-0.2, -0.15) is 0 Å². The van der Waals surface area contributed by atoms with Gasteiger partial charge in [0.05, 0.1) is 0 Å². The highest BCUT2D eigenvalue weighted by molar-refractivity contribution is 5.58. The predicted octanol–water partition coefficient (Wildman–Crippen LogP) is 2.05. The van der Waals surface area contributed by atoms with Crippen LogP contribution in [0.5, 0.6) is 0 Å². The number of piperidine rings is 1. The van der Waals surface area contributed by atoms with Crippen molar-refractivity contribution < 1.29 is 0 Å². The molecule has 2 unspecified atom stereocenters. The van der Waals surface area contributed by atoms with Crippen LogP contribution in [0.1, 0.15) is 18.9 Å². The van der Waals surface area contributed by atoms with Gasteiger partial charge in [0, 0.05) is 18.3 Å². The number of hydrogen-bond donors (Lipinski definition) is 1. The van der Waals surface area contributed by atoms with E-state index < -0.39 is 0 Å². The fourth-order valence-corrected chi connectivity index (χ4v) is 3.17. The zero-order chi connectivity index (χ0) is 11.0. The van der Waals surface area contributed by atoms with Gasteiger partial charge in [-0.3, -0.25) is 0 Å². The van der Waals surface area contributed by atoms with E-state index in [2.05, 4.69) is 41.4 Å². The van der Waals surface area contributed by atoms with Gasteiger partial charge in [-0.25, -0.2) is 0 Å². The first-order valence-electron chi connectivity index (χ1n) is 6.41. The molecule has 0 radical (unpaired) electrons. The van der Waals surface area contributed by atoms with E-state index in [4.69, 9.17) is 0 Å². The molecule has 16 heavy (non-hydrogen) atoms. The summed E-state index contributed by atoms with van der Waals surface area (Å²) in [5.41, 5.74) is 3.02. The number of nitrogens with one attached hydrogen (secondary N) is 1. The third kappa shape index (κ3) is 1.61. The molecule has 1 saturated heterocycles. The number of nitrogens with zero attached hydrogens (tertiary/aromatic N) is 1. The van der Waals surface area contributed by atoms with Crippen molar-refractivity contribution >= 4 is 5.69 Å². The van der Waals surface area contributed by atoms with Crippen molar-refractivity contribution in [3.63, 3.8) is 0 Å². The van der Waals surface area contributed by atoms with Gasteiger partial charge in [-0.1, -0.05) is 25.1 Å². The summed E-state index contributed by atoms with van der Waals surface area (Å²) in [6, 6.07) is 9.64. The number of rotatable bonds is 1. The van der Waals surface area contributed by atoms with E-state index in [1.807, 2.05) is 0 Å². The van der Waals surface area contributed by atoms with E-state index in [0.29, 0.717) is 0 Å². The third-order valence-electron chi connectivity index (χ3n) is 4.06. The second kappa shape index (κ2) is 4.10. The van der Waals surface area contributed by atoms with Crippen molar-refractivity contribution in [2.75, 3.05) is 24.5 Å². The van der Waals surface area contributed by atoms with Crippen LogP contribution < -0.4 is 10.2 Å². The molecule has 1 fully saturated rings. The maximum atomic E-state index is 3.49. The van der Waals surface area contributed by atoms with Gasteiger partial charge in [0.25, 0.3) is 0 Å². The van der Waals surface area contributed by atoms with Crippen LogP contribution in [0.15, 0.2) is 24.3 Å². The third-order valence-corrected chi connectivity index (χ3v) is 4.06. The van der Waals surface area contributed by atoms with Gasteiger partial charge in [0.2, 0.25) is 0 Å². The zero-order valence-corrected chi connectivity index (χ0v) is 9.95. The second-order valence-electron chi connectivity index (χ2n) is 5.11. The molecule has 2 atom stereocenters. The highest BCUT2D eigenvalue weighted by Gasteiger charge is 2.30. The largest absolute Gasteiger partial charge is 0.368 e. The van der Waals surface area contributed by atoms with E-state index >= 15 is 0 Å². The van der Waals surface area contributed by atoms with Crippen LogP contribution in [-0.2, 0) is 6.42 Å². The van der Waals surface area contributed by atoms with Gasteiger partial charge >= 0.3 is 0 Å². The van der Waals surface area contributed by atoms with Crippen LogP contribution in [-0.4, -0.2) is 25.7 Å². The van der Waals surface area contributed by atoms with Crippen molar-refractivity contribution in [1.29, 1.82) is 0 Å². The van der Waals surface area contributed by atoms with Gasteiger partial charge in [-0.05, 0) is 43.5 Å². The average molecular weight is 216 g/mol. The molecule has 0 amide bonds. The molecule has 1 N–H and O–H groups in total. The number of hydrogen-bond acceptors (Lipinski definition) is 2. The molecule has 0 aliphatic carbocycles. The molecule has 86 valence electrons. The molecule has 0 aromatic heterocycles. The molecule has 0 spiro atoms. The summed E-state index contributed by atoms with van der Waals surface area (Å²) in [5, 5.41) is 3.49. The Kier molecular flexibility index (Phi) is 2.60. The second-order valence-corrected chi connectivity index (χ2v) is 5.11. The summed E-state index contributed by atoms with van der Waals surface area (Å²) in [5.74, 6) is 0.764.